The second-order valence-corrected chi connectivity index (χ2v) is 6.45. The van der Waals surface area contributed by atoms with E-state index in [-0.39, 0.29) is 5.91 Å². The zero-order chi connectivity index (χ0) is 17.8. The van der Waals surface area contributed by atoms with E-state index in [1.807, 2.05) is 54.6 Å². The summed E-state index contributed by atoms with van der Waals surface area (Å²) in [6.45, 7) is 1.62. The van der Waals surface area contributed by atoms with Gasteiger partial charge >= 0.3 is 0 Å². The first-order valence-corrected chi connectivity index (χ1v) is 8.89. The highest BCUT2D eigenvalue weighted by Gasteiger charge is 2.13. The monoisotopic (exact) mass is 347 g/mol. The number of carbonyl (C=O) groups is 1. The van der Waals surface area contributed by atoms with Gasteiger partial charge in [0.05, 0.1) is 5.52 Å². The Balaban J connectivity index is 1.41. The number of amides is 1. The lowest BCUT2D eigenvalue weighted by Gasteiger charge is -2.24. The van der Waals surface area contributed by atoms with E-state index in [1.165, 1.54) is 0 Å². The number of aromatic nitrogens is 1. The molecule has 0 radical (unpaired) electrons. The zero-order valence-electron chi connectivity index (χ0n) is 14.4. The van der Waals surface area contributed by atoms with Gasteiger partial charge in [-0.05, 0) is 49.2 Å². The van der Waals surface area contributed by atoms with Gasteiger partial charge in [-0.15, -0.1) is 0 Å². The summed E-state index contributed by atoms with van der Waals surface area (Å²) < 4.78 is 5.38. The van der Waals surface area contributed by atoms with Crippen molar-refractivity contribution in [1.29, 1.82) is 0 Å². The van der Waals surface area contributed by atoms with E-state index in [2.05, 4.69) is 15.6 Å². The fourth-order valence-corrected chi connectivity index (χ4v) is 3.12. The number of para-hydroxylation sites is 1. The first-order valence-electron chi connectivity index (χ1n) is 8.89. The second kappa shape index (κ2) is 7.54. The molecular formula is C21H21N3O2. The molecule has 2 aromatic carbocycles. The van der Waals surface area contributed by atoms with Crippen LogP contribution in [0.5, 0.6) is 0 Å². The third-order valence-corrected chi connectivity index (χ3v) is 4.57. The number of pyridine rings is 1. The summed E-state index contributed by atoms with van der Waals surface area (Å²) >= 11 is 0. The summed E-state index contributed by atoms with van der Waals surface area (Å²) in [7, 11) is 0. The number of benzene rings is 2. The maximum Gasteiger partial charge on any atom is 0.274 e. The first-order chi connectivity index (χ1) is 12.8. The Morgan fingerprint density at radius 1 is 0.923 bits per heavy atom. The summed E-state index contributed by atoms with van der Waals surface area (Å²) in [5.74, 6) is -0.208. The van der Waals surface area contributed by atoms with Gasteiger partial charge in [-0.1, -0.05) is 24.3 Å². The van der Waals surface area contributed by atoms with Crippen molar-refractivity contribution in [3.63, 3.8) is 0 Å². The van der Waals surface area contributed by atoms with Crippen LogP contribution in [0.4, 0.5) is 11.4 Å². The molecule has 2 N–H and O–H groups in total. The van der Waals surface area contributed by atoms with E-state index in [0.29, 0.717) is 11.7 Å². The first kappa shape index (κ1) is 16.5. The van der Waals surface area contributed by atoms with Gasteiger partial charge < -0.3 is 15.4 Å². The molecule has 1 fully saturated rings. The molecule has 1 aliphatic heterocycles. The molecule has 0 atom stereocenters. The number of fused-ring (bicyclic) bond motifs is 1. The lowest BCUT2D eigenvalue weighted by atomic mass is 10.1. The molecule has 1 aliphatic rings. The number of anilines is 2. The van der Waals surface area contributed by atoms with Gasteiger partial charge in [0.15, 0.2) is 0 Å². The molecule has 1 aromatic heterocycles. The fraction of sp³-hybridized carbons (Fsp3) is 0.238. The minimum Gasteiger partial charge on any atom is -0.382 e. The number of ether oxygens (including phenoxy) is 1. The van der Waals surface area contributed by atoms with Crippen molar-refractivity contribution in [2.45, 2.75) is 18.9 Å². The Morgan fingerprint density at radius 2 is 1.65 bits per heavy atom. The molecule has 0 saturated carbocycles. The van der Waals surface area contributed by atoms with Crippen LogP contribution in [-0.2, 0) is 4.74 Å². The second-order valence-electron chi connectivity index (χ2n) is 6.45. The highest BCUT2D eigenvalue weighted by atomic mass is 16.5. The van der Waals surface area contributed by atoms with E-state index in [9.17, 15) is 4.79 Å². The molecule has 5 nitrogen and oxygen atoms in total. The van der Waals surface area contributed by atoms with Crippen molar-refractivity contribution >= 4 is 28.2 Å². The molecule has 0 aliphatic carbocycles. The van der Waals surface area contributed by atoms with Crippen LogP contribution >= 0.6 is 0 Å². The normalized spacial score (nSPS) is 14.9. The number of rotatable bonds is 4. The maximum atomic E-state index is 12.5. The molecule has 0 unspecified atom stereocenters. The SMILES string of the molecule is O=C(Nc1ccc(NC2CCOCC2)cc1)c1ccc2ccccc2n1. The summed E-state index contributed by atoms with van der Waals surface area (Å²) in [6, 6.07) is 19.7. The van der Waals surface area contributed by atoms with Crippen LogP contribution in [0, 0.1) is 0 Å². The van der Waals surface area contributed by atoms with Crippen molar-refractivity contribution in [2.75, 3.05) is 23.8 Å². The van der Waals surface area contributed by atoms with Gasteiger partial charge in [0.1, 0.15) is 5.69 Å². The fourth-order valence-electron chi connectivity index (χ4n) is 3.12. The predicted octanol–water partition coefficient (Wildman–Crippen LogP) is 4.08. The van der Waals surface area contributed by atoms with Crippen molar-refractivity contribution in [2.24, 2.45) is 0 Å². The van der Waals surface area contributed by atoms with Crippen LogP contribution in [0.15, 0.2) is 60.7 Å². The molecule has 1 saturated heterocycles. The predicted molar refractivity (Wildman–Crippen MR) is 104 cm³/mol. The van der Waals surface area contributed by atoms with Crippen molar-refractivity contribution in [1.82, 2.24) is 4.98 Å². The maximum absolute atomic E-state index is 12.5. The minimum absolute atomic E-state index is 0.208. The summed E-state index contributed by atoms with van der Waals surface area (Å²) in [5.41, 5.74) is 3.03. The molecule has 2 heterocycles. The Kier molecular flexibility index (Phi) is 4.80. The summed E-state index contributed by atoms with van der Waals surface area (Å²) in [5, 5.41) is 7.43. The van der Waals surface area contributed by atoms with Crippen LogP contribution < -0.4 is 10.6 Å². The highest BCUT2D eigenvalue weighted by Crippen LogP contribution is 2.19. The molecule has 4 rings (SSSR count). The number of hydrogen-bond donors (Lipinski definition) is 2. The summed E-state index contributed by atoms with van der Waals surface area (Å²) in [4.78, 5) is 16.9. The molecule has 26 heavy (non-hydrogen) atoms. The third-order valence-electron chi connectivity index (χ3n) is 4.57. The minimum atomic E-state index is -0.208. The van der Waals surface area contributed by atoms with Crippen molar-refractivity contribution in [3.8, 4) is 0 Å². The van der Waals surface area contributed by atoms with Gasteiger partial charge in [0.25, 0.3) is 5.91 Å². The Morgan fingerprint density at radius 3 is 2.46 bits per heavy atom. The Labute approximate surface area is 152 Å². The van der Waals surface area contributed by atoms with E-state index >= 15 is 0 Å². The average molecular weight is 347 g/mol. The zero-order valence-corrected chi connectivity index (χ0v) is 14.4. The smallest absolute Gasteiger partial charge is 0.274 e. The van der Waals surface area contributed by atoms with Gasteiger partial charge in [-0.25, -0.2) is 4.98 Å². The average Bonchev–Trinajstić information content (AvgIpc) is 2.70. The van der Waals surface area contributed by atoms with Crippen LogP contribution in [0.3, 0.4) is 0 Å². The van der Waals surface area contributed by atoms with Crippen molar-refractivity contribution < 1.29 is 9.53 Å². The highest BCUT2D eigenvalue weighted by molar-refractivity contribution is 6.04. The third kappa shape index (κ3) is 3.83. The molecule has 3 aromatic rings. The van der Waals surface area contributed by atoms with E-state index in [4.69, 9.17) is 4.74 Å². The molecular weight excluding hydrogens is 326 g/mol. The molecule has 0 bridgehead atoms. The van der Waals surface area contributed by atoms with Crippen LogP contribution in [0.2, 0.25) is 0 Å². The topological polar surface area (TPSA) is 63.2 Å². The van der Waals surface area contributed by atoms with Crippen LogP contribution in [0.1, 0.15) is 23.3 Å². The number of hydrogen-bond acceptors (Lipinski definition) is 4. The van der Waals surface area contributed by atoms with Gasteiger partial charge in [-0.3, -0.25) is 4.79 Å². The van der Waals surface area contributed by atoms with Gasteiger partial charge in [-0.2, -0.15) is 0 Å². The standard InChI is InChI=1S/C21H21N3O2/c25-21(20-10-5-15-3-1-2-4-19(15)24-20)23-17-8-6-16(7-9-17)22-18-11-13-26-14-12-18/h1-10,18,22H,11-14H2,(H,23,25). The number of nitrogens with one attached hydrogen (secondary N) is 2. The molecule has 132 valence electrons. The molecule has 1 amide bonds. The number of carbonyl (C=O) groups excluding carboxylic acids is 1. The van der Waals surface area contributed by atoms with Crippen LogP contribution in [0.25, 0.3) is 10.9 Å². The lowest BCUT2D eigenvalue weighted by molar-refractivity contribution is 0.0904. The van der Waals surface area contributed by atoms with E-state index < -0.39 is 0 Å². The van der Waals surface area contributed by atoms with Gasteiger partial charge in [0.2, 0.25) is 0 Å². The molecule has 5 heteroatoms. The largest absolute Gasteiger partial charge is 0.382 e. The molecule has 0 spiro atoms. The summed E-state index contributed by atoms with van der Waals surface area (Å²) in [6.07, 6.45) is 2.04. The Hall–Kier alpha value is -2.92. The quantitative estimate of drug-likeness (QED) is 0.746. The van der Waals surface area contributed by atoms with Crippen molar-refractivity contribution in [3.05, 3.63) is 66.4 Å². The Bertz CT molecular complexity index is 903. The number of nitrogens with zero attached hydrogens (tertiary/aromatic N) is 1. The lowest BCUT2D eigenvalue weighted by Crippen LogP contribution is -2.27. The van der Waals surface area contributed by atoms with E-state index in [0.717, 1.165) is 48.3 Å². The van der Waals surface area contributed by atoms with E-state index in [1.54, 1.807) is 6.07 Å². The van der Waals surface area contributed by atoms with Crippen LogP contribution in [-0.4, -0.2) is 30.1 Å². The van der Waals surface area contributed by atoms with Gasteiger partial charge in [0, 0.05) is 36.0 Å².